The number of hydrogen-bond donors (Lipinski definition) is 1. The van der Waals surface area contributed by atoms with Crippen LogP contribution in [0.5, 0.6) is 0 Å². The van der Waals surface area contributed by atoms with Crippen LogP contribution in [-0.2, 0) is 6.54 Å². The fourth-order valence-corrected chi connectivity index (χ4v) is 3.24. The minimum Gasteiger partial charge on any atom is -0.465 e. The van der Waals surface area contributed by atoms with Crippen LogP contribution in [0.3, 0.4) is 0 Å². The van der Waals surface area contributed by atoms with E-state index in [1.165, 1.54) is 6.42 Å². The second-order valence-corrected chi connectivity index (χ2v) is 6.99. The lowest BCUT2D eigenvalue weighted by molar-refractivity contribution is 0.0784. The van der Waals surface area contributed by atoms with Gasteiger partial charge in [0.05, 0.1) is 6.54 Å². The van der Waals surface area contributed by atoms with Crippen molar-refractivity contribution in [3.05, 3.63) is 23.7 Å². The Balaban J connectivity index is 2.02. The van der Waals surface area contributed by atoms with Gasteiger partial charge in [0, 0.05) is 25.2 Å². The highest BCUT2D eigenvalue weighted by Gasteiger charge is 2.30. The molecule has 3 heteroatoms. The Hall–Kier alpha value is -0.800. The maximum absolute atomic E-state index is 5.77. The molecule has 0 amide bonds. The van der Waals surface area contributed by atoms with E-state index in [1.807, 2.05) is 6.92 Å². The Morgan fingerprint density at radius 3 is 2.60 bits per heavy atom. The first-order valence-corrected chi connectivity index (χ1v) is 7.98. The van der Waals surface area contributed by atoms with Crippen molar-refractivity contribution >= 4 is 0 Å². The van der Waals surface area contributed by atoms with Gasteiger partial charge in [-0.25, -0.2) is 0 Å². The molecule has 1 N–H and O–H groups in total. The molecule has 1 aromatic heterocycles. The summed E-state index contributed by atoms with van der Waals surface area (Å²) >= 11 is 0. The SMILES string of the molecule is Cc1ccc(CN2CC(CC(C)C)NCC2C(C)C)o1. The first kappa shape index (κ1) is 15.6. The Morgan fingerprint density at radius 2 is 2.05 bits per heavy atom. The number of nitrogens with zero attached hydrogens (tertiary/aromatic N) is 1. The van der Waals surface area contributed by atoms with Crippen LogP contribution in [0.1, 0.15) is 45.6 Å². The molecule has 2 rings (SSSR count). The quantitative estimate of drug-likeness (QED) is 0.894. The van der Waals surface area contributed by atoms with E-state index in [0.717, 1.165) is 37.1 Å². The predicted octanol–water partition coefficient (Wildman–Crippen LogP) is 3.43. The lowest BCUT2D eigenvalue weighted by atomic mass is 9.95. The number of aryl methyl sites for hydroxylation is 1. The standard InChI is InChI=1S/C17H30N2O/c1-12(2)8-15-10-19(17(9-18-15)13(3)4)11-16-7-6-14(5)20-16/h6-7,12-13,15,17-18H,8-11H2,1-5H3. The van der Waals surface area contributed by atoms with Crippen LogP contribution in [0.25, 0.3) is 0 Å². The van der Waals surface area contributed by atoms with E-state index in [0.29, 0.717) is 18.0 Å². The molecule has 2 heterocycles. The molecule has 0 aromatic carbocycles. The molecule has 3 nitrogen and oxygen atoms in total. The summed E-state index contributed by atoms with van der Waals surface area (Å²) in [6, 6.07) is 5.39. The molecule has 1 aromatic rings. The van der Waals surface area contributed by atoms with Crippen LogP contribution in [0.15, 0.2) is 16.5 Å². The molecule has 2 atom stereocenters. The summed E-state index contributed by atoms with van der Waals surface area (Å²) in [5.41, 5.74) is 0. The van der Waals surface area contributed by atoms with Crippen LogP contribution in [0, 0.1) is 18.8 Å². The van der Waals surface area contributed by atoms with E-state index in [9.17, 15) is 0 Å². The van der Waals surface area contributed by atoms with Gasteiger partial charge in [0.1, 0.15) is 11.5 Å². The minimum atomic E-state index is 0.601. The molecule has 0 saturated carbocycles. The minimum absolute atomic E-state index is 0.601. The molecule has 1 saturated heterocycles. The summed E-state index contributed by atoms with van der Waals surface area (Å²) in [7, 11) is 0. The highest BCUT2D eigenvalue weighted by Crippen LogP contribution is 2.21. The highest BCUT2D eigenvalue weighted by atomic mass is 16.3. The third-order valence-electron chi connectivity index (χ3n) is 4.22. The fourth-order valence-electron chi connectivity index (χ4n) is 3.24. The molecule has 0 radical (unpaired) electrons. The average molecular weight is 278 g/mol. The van der Waals surface area contributed by atoms with E-state index in [-0.39, 0.29) is 0 Å². The zero-order chi connectivity index (χ0) is 14.7. The monoisotopic (exact) mass is 278 g/mol. The normalized spacial score (nSPS) is 24.8. The highest BCUT2D eigenvalue weighted by molar-refractivity contribution is 5.06. The fraction of sp³-hybridized carbons (Fsp3) is 0.765. The topological polar surface area (TPSA) is 28.4 Å². The Labute approximate surface area is 123 Å². The van der Waals surface area contributed by atoms with Crippen molar-refractivity contribution < 1.29 is 4.42 Å². The summed E-state index contributed by atoms with van der Waals surface area (Å²) in [5, 5.41) is 3.73. The molecule has 114 valence electrons. The first-order valence-electron chi connectivity index (χ1n) is 7.98. The molecule has 2 unspecified atom stereocenters. The van der Waals surface area contributed by atoms with Crippen molar-refractivity contribution in [2.45, 2.75) is 59.7 Å². The predicted molar refractivity (Wildman–Crippen MR) is 83.7 cm³/mol. The van der Waals surface area contributed by atoms with Crippen LogP contribution in [0.4, 0.5) is 0 Å². The molecule has 1 aliphatic rings. The van der Waals surface area contributed by atoms with Crippen LogP contribution < -0.4 is 5.32 Å². The van der Waals surface area contributed by atoms with Gasteiger partial charge in [0.25, 0.3) is 0 Å². The van der Waals surface area contributed by atoms with Gasteiger partial charge in [-0.1, -0.05) is 27.7 Å². The van der Waals surface area contributed by atoms with Crippen molar-refractivity contribution in [1.29, 1.82) is 0 Å². The van der Waals surface area contributed by atoms with E-state index in [4.69, 9.17) is 4.42 Å². The van der Waals surface area contributed by atoms with Gasteiger partial charge in [0.15, 0.2) is 0 Å². The molecule has 0 spiro atoms. The van der Waals surface area contributed by atoms with Crippen LogP contribution in [-0.4, -0.2) is 30.1 Å². The van der Waals surface area contributed by atoms with E-state index < -0.39 is 0 Å². The van der Waals surface area contributed by atoms with Crippen molar-refractivity contribution in [2.75, 3.05) is 13.1 Å². The smallest absolute Gasteiger partial charge is 0.118 e. The van der Waals surface area contributed by atoms with Gasteiger partial charge >= 0.3 is 0 Å². The summed E-state index contributed by atoms with van der Waals surface area (Å²) in [6.07, 6.45) is 1.25. The van der Waals surface area contributed by atoms with Crippen molar-refractivity contribution in [1.82, 2.24) is 10.2 Å². The number of hydrogen-bond acceptors (Lipinski definition) is 3. The van der Waals surface area contributed by atoms with Gasteiger partial charge < -0.3 is 9.73 Å². The average Bonchev–Trinajstić information content (AvgIpc) is 2.73. The lowest BCUT2D eigenvalue weighted by Crippen LogP contribution is -2.58. The molecule has 1 aliphatic heterocycles. The van der Waals surface area contributed by atoms with E-state index in [2.05, 4.69) is 50.0 Å². The third-order valence-corrected chi connectivity index (χ3v) is 4.22. The van der Waals surface area contributed by atoms with Gasteiger partial charge in [-0.3, -0.25) is 4.90 Å². The van der Waals surface area contributed by atoms with Gasteiger partial charge in [-0.15, -0.1) is 0 Å². The number of piperazine rings is 1. The molecular weight excluding hydrogens is 248 g/mol. The van der Waals surface area contributed by atoms with Crippen molar-refractivity contribution in [3.63, 3.8) is 0 Å². The van der Waals surface area contributed by atoms with Crippen LogP contribution >= 0.6 is 0 Å². The van der Waals surface area contributed by atoms with Crippen LogP contribution in [0.2, 0.25) is 0 Å². The molecule has 1 fully saturated rings. The van der Waals surface area contributed by atoms with Crippen molar-refractivity contribution in [2.24, 2.45) is 11.8 Å². The number of rotatable bonds is 5. The lowest BCUT2D eigenvalue weighted by Gasteiger charge is -2.42. The van der Waals surface area contributed by atoms with E-state index >= 15 is 0 Å². The maximum atomic E-state index is 5.77. The molecule has 0 bridgehead atoms. The summed E-state index contributed by atoms with van der Waals surface area (Å²) in [5.74, 6) is 3.52. The Kier molecular flexibility index (Phi) is 5.28. The maximum Gasteiger partial charge on any atom is 0.118 e. The molecular formula is C17H30N2O. The first-order chi connectivity index (χ1) is 9.45. The second-order valence-electron chi connectivity index (χ2n) is 6.99. The van der Waals surface area contributed by atoms with E-state index in [1.54, 1.807) is 0 Å². The van der Waals surface area contributed by atoms with Gasteiger partial charge in [-0.05, 0) is 37.3 Å². The molecule has 20 heavy (non-hydrogen) atoms. The second kappa shape index (κ2) is 6.77. The molecule has 0 aliphatic carbocycles. The largest absolute Gasteiger partial charge is 0.465 e. The summed E-state index contributed by atoms with van der Waals surface area (Å²) in [4.78, 5) is 2.60. The van der Waals surface area contributed by atoms with Gasteiger partial charge in [0.2, 0.25) is 0 Å². The van der Waals surface area contributed by atoms with Gasteiger partial charge in [-0.2, -0.15) is 0 Å². The number of nitrogens with one attached hydrogen (secondary N) is 1. The summed E-state index contributed by atoms with van der Waals surface area (Å²) < 4.78 is 5.77. The Bertz CT molecular complexity index is 411. The zero-order valence-corrected chi connectivity index (χ0v) is 13.6. The summed E-state index contributed by atoms with van der Waals surface area (Å²) in [6.45, 7) is 14.4. The number of furan rings is 1. The Morgan fingerprint density at radius 1 is 1.30 bits per heavy atom. The van der Waals surface area contributed by atoms with Crippen molar-refractivity contribution in [3.8, 4) is 0 Å². The zero-order valence-electron chi connectivity index (χ0n) is 13.6. The third kappa shape index (κ3) is 4.10.